The zero-order valence-corrected chi connectivity index (χ0v) is 11.7. The number of carbonyl (C=O) groups excluding carboxylic acids is 1. The Labute approximate surface area is 113 Å². The minimum Gasteiger partial charge on any atom is -0.398 e. The molecule has 0 spiro atoms. The highest BCUT2D eigenvalue weighted by Crippen LogP contribution is 2.27. The van der Waals surface area contributed by atoms with Crippen molar-refractivity contribution in [3.63, 3.8) is 0 Å². The molecule has 1 amide bonds. The smallest absolute Gasteiger partial charge is 0.235 e. The summed E-state index contributed by atoms with van der Waals surface area (Å²) in [4.78, 5) is 11.7. The Hall–Kier alpha value is -1.56. The van der Waals surface area contributed by atoms with E-state index in [-0.39, 0.29) is 10.6 Å². The highest BCUT2D eigenvalue weighted by Gasteiger charge is 2.25. The van der Waals surface area contributed by atoms with Gasteiger partial charge in [0.1, 0.15) is 5.75 Å². The molecular formula is C13H18N2O3S. The highest BCUT2D eigenvalue weighted by atomic mass is 32.2. The van der Waals surface area contributed by atoms with Crippen molar-refractivity contribution in [2.45, 2.75) is 24.7 Å². The molecule has 0 radical (unpaired) electrons. The number of anilines is 1. The van der Waals surface area contributed by atoms with E-state index in [0.717, 1.165) is 18.4 Å². The first-order valence-corrected chi connectivity index (χ1v) is 7.89. The SMILES string of the molecule is Cc1ccc(N)c(S(=O)(=O)CC(=O)NCC2CC2)c1. The topological polar surface area (TPSA) is 89.3 Å². The fourth-order valence-electron chi connectivity index (χ4n) is 1.79. The van der Waals surface area contributed by atoms with Gasteiger partial charge in [-0.3, -0.25) is 4.79 Å². The lowest BCUT2D eigenvalue weighted by atomic mass is 10.2. The first kappa shape index (κ1) is 13.9. The van der Waals surface area contributed by atoms with Gasteiger partial charge in [-0.05, 0) is 43.4 Å². The molecule has 0 atom stereocenters. The van der Waals surface area contributed by atoms with Crippen LogP contribution in [0.1, 0.15) is 18.4 Å². The summed E-state index contributed by atoms with van der Waals surface area (Å²) in [6, 6.07) is 4.78. The molecule has 1 fully saturated rings. The maximum absolute atomic E-state index is 12.1. The molecule has 1 saturated carbocycles. The summed E-state index contributed by atoms with van der Waals surface area (Å²) in [6.45, 7) is 2.35. The fraction of sp³-hybridized carbons (Fsp3) is 0.462. The number of sulfone groups is 1. The number of carbonyl (C=O) groups is 1. The van der Waals surface area contributed by atoms with Crippen LogP contribution in [0.25, 0.3) is 0 Å². The molecule has 1 aliphatic carbocycles. The Morgan fingerprint density at radius 3 is 2.74 bits per heavy atom. The molecule has 0 unspecified atom stereocenters. The Morgan fingerprint density at radius 1 is 1.42 bits per heavy atom. The molecule has 0 bridgehead atoms. The van der Waals surface area contributed by atoms with Gasteiger partial charge in [-0.2, -0.15) is 0 Å². The van der Waals surface area contributed by atoms with E-state index in [2.05, 4.69) is 5.32 Å². The van der Waals surface area contributed by atoms with Gasteiger partial charge in [-0.25, -0.2) is 8.42 Å². The summed E-state index contributed by atoms with van der Waals surface area (Å²) < 4.78 is 24.3. The number of nitrogens with one attached hydrogen (secondary N) is 1. The van der Waals surface area contributed by atoms with Crippen LogP contribution in [0.3, 0.4) is 0 Å². The second-order valence-corrected chi connectivity index (χ2v) is 7.01. The summed E-state index contributed by atoms with van der Waals surface area (Å²) in [5, 5.41) is 2.65. The van der Waals surface area contributed by atoms with E-state index < -0.39 is 21.5 Å². The number of hydrogen-bond acceptors (Lipinski definition) is 4. The van der Waals surface area contributed by atoms with Crippen molar-refractivity contribution in [1.29, 1.82) is 0 Å². The number of benzene rings is 1. The second-order valence-electron chi connectivity index (χ2n) is 5.05. The first-order valence-electron chi connectivity index (χ1n) is 6.24. The van der Waals surface area contributed by atoms with Gasteiger partial charge >= 0.3 is 0 Å². The van der Waals surface area contributed by atoms with Crippen LogP contribution >= 0.6 is 0 Å². The number of hydrogen-bond donors (Lipinski definition) is 2. The van der Waals surface area contributed by atoms with Gasteiger partial charge in [0.25, 0.3) is 0 Å². The summed E-state index contributed by atoms with van der Waals surface area (Å²) in [5.41, 5.74) is 6.65. The van der Waals surface area contributed by atoms with Crippen LogP contribution < -0.4 is 11.1 Å². The first-order chi connectivity index (χ1) is 8.88. The van der Waals surface area contributed by atoms with Gasteiger partial charge in [0.2, 0.25) is 5.91 Å². The van der Waals surface area contributed by atoms with Gasteiger partial charge < -0.3 is 11.1 Å². The zero-order chi connectivity index (χ0) is 14.0. The van der Waals surface area contributed by atoms with E-state index in [0.29, 0.717) is 12.5 Å². The lowest BCUT2D eigenvalue weighted by molar-refractivity contribution is -0.118. The third kappa shape index (κ3) is 3.70. The van der Waals surface area contributed by atoms with E-state index >= 15 is 0 Å². The predicted molar refractivity (Wildman–Crippen MR) is 73.4 cm³/mol. The number of aryl methyl sites for hydroxylation is 1. The molecule has 0 aliphatic heterocycles. The minimum absolute atomic E-state index is 0.0362. The number of nitrogen functional groups attached to an aromatic ring is 1. The molecule has 3 N–H and O–H groups in total. The minimum atomic E-state index is -3.68. The number of nitrogens with two attached hydrogens (primary N) is 1. The Kier molecular flexibility index (Phi) is 3.80. The largest absolute Gasteiger partial charge is 0.398 e. The van der Waals surface area contributed by atoms with Crippen molar-refractivity contribution in [2.24, 2.45) is 5.92 Å². The van der Waals surface area contributed by atoms with Crippen LogP contribution in [0.4, 0.5) is 5.69 Å². The lowest BCUT2D eigenvalue weighted by Gasteiger charge is -2.09. The van der Waals surface area contributed by atoms with Crippen LogP contribution in [0.5, 0.6) is 0 Å². The lowest BCUT2D eigenvalue weighted by Crippen LogP contribution is -2.32. The molecule has 0 aromatic heterocycles. The summed E-state index contributed by atoms with van der Waals surface area (Å²) >= 11 is 0. The van der Waals surface area contributed by atoms with Crippen molar-refractivity contribution >= 4 is 21.4 Å². The molecule has 104 valence electrons. The van der Waals surface area contributed by atoms with Crippen LogP contribution in [0.2, 0.25) is 0 Å². The van der Waals surface area contributed by atoms with Gasteiger partial charge in [-0.15, -0.1) is 0 Å². The van der Waals surface area contributed by atoms with E-state index in [9.17, 15) is 13.2 Å². The van der Waals surface area contributed by atoms with Crippen molar-refractivity contribution in [3.05, 3.63) is 23.8 Å². The number of amides is 1. The molecular weight excluding hydrogens is 264 g/mol. The Bertz CT molecular complexity index is 592. The molecule has 1 aliphatic rings. The van der Waals surface area contributed by atoms with Gasteiger partial charge in [0.15, 0.2) is 9.84 Å². The summed E-state index contributed by atoms with van der Waals surface area (Å²) in [7, 11) is -3.68. The quantitative estimate of drug-likeness (QED) is 0.784. The Balaban J connectivity index is 2.08. The molecule has 5 nitrogen and oxygen atoms in total. The van der Waals surface area contributed by atoms with E-state index in [4.69, 9.17) is 5.73 Å². The average Bonchev–Trinajstić information content (AvgIpc) is 3.13. The summed E-state index contributed by atoms with van der Waals surface area (Å²) in [6.07, 6.45) is 2.22. The fourth-order valence-corrected chi connectivity index (χ4v) is 3.19. The average molecular weight is 282 g/mol. The maximum Gasteiger partial charge on any atom is 0.235 e. The van der Waals surface area contributed by atoms with Crippen LogP contribution in [0.15, 0.2) is 23.1 Å². The Morgan fingerprint density at radius 2 is 2.11 bits per heavy atom. The van der Waals surface area contributed by atoms with E-state index in [1.54, 1.807) is 19.1 Å². The zero-order valence-electron chi connectivity index (χ0n) is 10.8. The van der Waals surface area contributed by atoms with Crippen molar-refractivity contribution in [3.8, 4) is 0 Å². The van der Waals surface area contributed by atoms with Crippen LogP contribution in [0, 0.1) is 12.8 Å². The third-order valence-corrected chi connectivity index (χ3v) is 4.78. The number of rotatable bonds is 5. The van der Waals surface area contributed by atoms with Crippen molar-refractivity contribution in [1.82, 2.24) is 5.32 Å². The normalized spacial score (nSPS) is 15.2. The van der Waals surface area contributed by atoms with E-state index in [1.807, 2.05) is 0 Å². The highest BCUT2D eigenvalue weighted by molar-refractivity contribution is 7.92. The standard InChI is InChI=1S/C13H18N2O3S/c1-9-2-5-11(14)12(6-9)19(17,18)8-13(16)15-7-10-3-4-10/h2,5-6,10H,3-4,7-8,14H2,1H3,(H,15,16). The van der Waals surface area contributed by atoms with Crippen LogP contribution in [-0.2, 0) is 14.6 Å². The van der Waals surface area contributed by atoms with E-state index in [1.165, 1.54) is 6.07 Å². The molecule has 6 heteroatoms. The van der Waals surface area contributed by atoms with Gasteiger partial charge in [0, 0.05) is 6.54 Å². The molecule has 2 rings (SSSR count). The van der Waals surface area contributed by atoms with Crippen molar-refractivity contribution in [2.75, 3.05) is 18.0 Å². The van der Waals surface area contributed by atoms with Gasteiger partial charge in [0.05, 0.1) is 10.6 Å². The predicted octanol–water partition coefficient (Wildman–Crippen LogP) is 0.877. The van der Waals surface area contributed by atoms with Gasteiger partial charge in [-0.1, -0.05) is 6.07 Å². The molecule has 19 heavy (non-hydrogen) atoms. The van der Waals surface area contributed by atoms with Crippen molar-refractivity contribution < 1.29 is 13.2 Å². The summed E-state index contributed by atoms with van der Waals surface area (Å²) in [5.74, 6) is -0.489. The second kappa shape index (κ2) is 5.21. The maximum atomic E-state index is 12.1. The molecule has 0 saturated heterocycles. The molecule has 1 aromatic carbocycles. The third-order valence-electron chi connectivity index (χ3n) is 3.11. The molecule has 0 heterocycles. The van der Waals surface area contributed by atoms with Crippen LogP contribution in [-0.4, -0.2) is 26.6 Å². The monoisotopic (exact) mass is 282 g/mol. The molecule has 1 aromatic rings.